The second-order valence-electron chi connectivity index (χ2n) is 4.63. The van der Waals surface area contributed by atoms with Crippen molar-refractivity contribution in [3.05, 3.63) is 29.8 Å². The van der Waals surface area contributed by atoms with E-state index in [1.807, 2.05) is 45.0 Å². The van der Waals surface area contributed by atoms with E-state index in [9.17, 15) is 4.79 Å². The lowest BCUT2D eigenvalue weighted by Crippen LogP contribution is -2.34. The SMILES string of the molecule is CC(C)(C)C(=O)NCc1ccccc1N. The molecule has 1 aromatic carbocycles. The molecule has 0 atom stereocenters. The fourth-order valence-corrected chi connectivity index (χ4v) is 1.14. The lowest BCUT2D eigenvalue weighted by molar-refractivity contribution is -0.128. The van der Waals surface area contributed by atoms with Crippen molar-refractivity contribution in [1.29, 1.82) is 0 Å². The maximum Gasteiger partial charge on any atom is 0.225 e. The number of para-hydroxylation sites is 1. The summed E-state index contributed by atoms with van der Waals surface area (Å²) in [6, 6.07) is 7.54. The first kappa shape index (κ1) is 11.6. The molecular weight excluding hydrogens is 188 g/mol. The maximum atomic E-state index is 11.6. The van der Waals surface area contributed by atoms with Crippen LogP contribution in [0, 0.1) is 5.41 Å². The summed E-state index contributed by atoms with van der Waals surface area (Å²) in [5, 5.41) is 2.86. The number of rotatable bonds is 2. The molecule has 0 saturated heterocycles. The van der Waals surface area contributed by atoms with Crippen LogP contribution in [0.4, 0.5) is 5.69 Å². The summed E-state index contributed by atoms with van der Waals surface area (Å²) >= 11 is 0. The highest BCUT2D eigenvalue weighted by atomic mass is 16.2. The zero-order valence-electron chi connectivity index (χ0n) is 9.50. The van der Waals surface area contributed by atoms with Gasteiger partial charge in [0.05, 0.1) is 0 Å². The van der Waals surface area contributed by atoms with E-state index in [0.29, 0.717) is 12.2 Å². The van der Waals surface area contributed by atoms with Gasteiger partial charge in [-0.25, -0.2) is 0 Å². The zero-order chi connectivity index (χ0) is 11.5. The van der Waals surface area contributed by atoms with Gasteiger partial charge in [-0.05, 0) is 11.6 Å². The smallest absolute Gasteiger partial charge is 0.225 e. The van der Waals surface area contributed by atoms with Gasteiger partial charge in [-0.1, -0.05) is 39.0 Å². The number of nitrogen functional groups attached to an aromatic ring is 1. The second-order valence-corrected chi connectivity index (χ2v) is 4.63. The average molecular weight is 206 g/mol. The van der Waals surface area contributed by atoms with Gasteiger partial charge in [-0.3, -0.25) is 4.79 Å². The van der Waals surface area contributed by atoms with Crippen molar-refractivity contribution in [2.45, 2.75) is 27.3 Å². The van der Waals surface area contributed by atoms with Crippen molar-refractivity contribution >= 4 is 11.6 Å². The van der Waals surface area contributed by atoms with E-state index in [1.165, 1.54) is 0 Å². The molecule has 0 aliphatic rings. The van der Waals surface area contributed by atoms with Gasteiger partial charge in [-0.15, -0.1) is 0 Å². The predicted octanol–water partition coefficient (Wildman–Crippen LogP) is 1.93. The van der Waals surface area contributed by atoms with Crippen LogP contribution in [0.1, 0.15) is 26.3 Å². The van der Waals surface area contributed by atoms with Crippen LogP contribution >= 0.6 is 0 Å². The van der Waals surface area contributed by atoms with Crippen molar-refractivity contribution in [2.24, 2.45) is 5.41 Å². The summed E-state index contributed by atoms with van der Waals surface area (Å²) in [4.78, 5) is 11.6. The summed E-state index contributed by atoms with van der Waals surface area (Å²) in [6.07, 6.45) is 0. The van der Waals surface area contributed by atoms with E-state index >= 15 is 0 Å². The first-order valence-electron chi connectivity index (χ1n) is 5.03. The fourth-order valence-electron chi connectivity index (χ4n) is 1.14. The van der Waals surface area contributed by atoms with Gasteiger partial charge in [0.2, 0.25) is 5.91 Å². The topological polar surface area (TPSA) is 55.1 Å². The predicted molar refractivity (Wildman–Crippen MR) is 62.2 cm³/mol. The Kier molecular flexibility index (Phi) is 3.35. The molecule has 3 N–H and O–H groups in total. The Morgan fingerprint density at radius 3 is 2.47 bits per heavy atom. The molecule has 15 heavy (non-hydrogen) atoms. The highest BCUT2D eigenvalue weighted by Gasteiger charge is 2.20. The van der Waals surface area contributed by atoms with E-state index in [1.54, 1.807) is 0 Å². The quantitative estimate of drug-likeness (QED) is 0.726. The summed E-state index contributed by atoms with van der Waals surface area (Å²) < 4.78 is 0. The third kappa shape index (κ3) is 3.27. The minimum Gasteiger partial charge on any atom is -0.398 e. The van der Waals surface area contributed by atoms with E-state index in [-0.39, 0.29) is 11.3 Å². The van der Waals surface area contributed by atoms with Crippen molar-refractivity contribution in [1.82, 2.24) is 5.32 Å². The second kappa shape index (κ2) is 4.34. The molecule has 3 heteroatoms. The van der Waals surface area contributed by atoms with Crippen LogP contribution in [0.25, 0.3) is 0 Å². The van der Waals surface area contributed by atoms with Crippen LogP contribution in [0.3, 0.4) is 0 Å². The molecule has 1 amide bonds. The van der Waals surface area contributed by atoms with Crippen molar-refractivity contribution in [3.8, 4) is 0 Å². The van der Waals surface area contributed by atoms with Crippen molar-refractivity contribution in [2.75, 3.05) is 5.73 Å². The minimum atomic E-state index is -0.358. The molecule has 1 aromatic rings. The van der Waals surface area contributed by atoms with Crippen LogP contribution in [0.15, 0.2) is 24.3 Å². The van der Waals surface area contributed by atoms with Crippen LogP contribution in [0.5, 0.6) is 0 Å². The van der Waals surface area contributed by atoms with E-state index in [0.717, 1.165) is 5.56 Å². The Morgan fingerprint density at radius 2 is 1.93 bits per heavy atom. The van der Waals surface area contributed by atoms with Gasteiger partial charge in [0.1, 0.15) is 0 Å². The fraction of sp³-hybridized carbons (Fsp3) is 0.417. The summed E-state index contributed by atoms with van der Waals surface area (Å²) in [7, 11) is 0. The standard InChI is InChI=1S/C12H18N2O/c1-12(2,3)11(15)14-8-9-6-4-5-7-10(9)13/h4-7H,8,13H2,1-3H3,(H,14,15). The van der Waals surface area contributed by atoms with E-state index in [4.69, 9.17) is 5.73 Å². The Labute approximate surface area is 90.7 Å². The largest absolute Gasteiger partial charge is 0.398 e. The first-order valence-corrected chi connectivity index (χ1v) is 5.03. The van der Waals surface area contributed by atoms with Gasteiger partial charge in [0.25, 0.3) is 0 Å². The lowest BCUT2D eigenvalue weighted by Gasteiger charge is -2.18. The Balaban J connectivity index is 2.59. The van der Waals surface area contributed by atoms with Gasteiger partial charge >= 0.3 is 0 Å². The zero-order valence-corrected chi connectivity index (χ0v) is 9.50. The number of carbonyl (C=O) groups is 1. The van der Waals surface area contributed by atoms with Crippen molar-refractivity contribution in [3.63, 3.8) is 0 Å². The average Bonchev–Trinajstić information content (AvgIpc) is 2.14. The minimum absolute atomic E-state index is 0.0331. The van der Waals surface area contributed by atoms with Gasteiger partial charge in [-0.2, -0.15) is 0 Å². The number of anilines is 1. The van der Waals surface area contributed by atoms with Gasteiger partial charge < -0.3 is 11.1 Å². The molecule has 0 aliphatic carbocycles. The summed E-state index contributed by atoms with van der Waals surface area (Å²) in [5.74, 6) is 0.0331. The summed E-state index contributed by atoms with van der Waals surface area (Å²) in [5.41, 5.74) is 7.08. The van der Waals surface area contributed by atoms with Gasteiger partial charge in [0.15, 0.2) is 0 Å². The van der Waals surface area contributed by atoms with Gasteiger partial charge in [0, 0.05) is 17.6 Å². The molecule has 0 radical (unpaired) electrons. The number of carbonyl (C=O) groups excluding carboxylic acids is 1. The van der Waals surface area contributed by atoms with E-state index in [2.05, 4.69) is 5.32 Å². The maximum absolute atomic E-state index is 11.6. The number of nitrogens with two attached hydrogens (primary N) is 1. The number of hydrogen-bond acceptors (Lipinski definition) is 2. The molecule has 1 rings (SSSR count). The molecule has 0 aromatic heterocycles. The molecule has 0 heterocycles. The number of hydrogen-bond donors (Lipinski definition) is 2. The Bertz CT molecular complexity index is 353. The first-order chi connectivity index (χ1) is 6.91. The number of nitrogens with one attached hydrogen (secondary N) is 1. The van der Waals surface area contributed by atoms with Crippen LogP contribution in [-0.2, 0) is 11.3 Å². The monoisotopic (exact) mass is 206 g/mol. The number of amides is 1. The molecule has 0 aliphatic heterocycles. The molecule has 0 saturated carbocycles. The molecule has 0 spiro atoms. The van der Waals surface area contributed by atoms with Crippen LogP contribution < -0.4 is 11.1 Å². The highest BCUT2D eigenvalue weighted by Crippen LogP contribution is 2.14. The normalized spacial score (nSPS) is 11.1. The third-order valence-corrected chi connectivity index (χ3v) is 2.18. The molecule has 3 nitrogen and oxygen atoms in total. The molecule has 0 fully saturated rings. The van der Waals surface area contributed by atoms with E-state index < -0.39 is 0 Å². The lowest BCUT2D eigenvalue weighted by atomic mass is 9.95. The van der Waals surface area contributed by atoms with Crippen LogP contribution in [-0.4, -0.2) is 5.91 Å². The summed E-state index contributed by atoms with van der Waals surface area (Å²) in [6.45, 7) is 6.15. The van der Waals surface area contributed by atoms with Crippen molar-refractivity contribution < 1.29 is 4.79 Å². The third-order valence-electron chi connectivity index (χ3n) is 2.18. The van der Waals surface area contributed by atoms with Crippen LogP contribution in [0.2, 0.25) is 0 Å². The Hall–Kier alpha value is -1.51. The molecule has 0 bridgehead atoms. The number of benzene rings is 1. The Morgan fingerprint density at radius 1 is 1.33 bits per heavy atom. The molecular formula is C12H18N2O. The molecule has 82 valence electrons. The molecule has 0 unspecified atom stereocenters. The highest BCUT2D eigenvalue weighted by molar-refractivity contribution is 5.81.